The van der Waals surface area contributed by atoms with Gasteiger partial charge in [0.05, 0.1) is 12.7 Å². The second-order valence-corrected chi connectivity index (χ2v) is 2.60. The third-order valence-electron chi connectivity index (χ3n) is 1.75. The molecule has 0 aliphatic carbocycles. The highest BCUT2D eigenvalue weighted by Crippen LogP contribution is 2.15. The number of cyclic esters (lactones) is 1. The number of amides is 1. The van der Waals surface area contributed by atoms with Crippen molar-refractivity contribution in [2.45, 2.75) is 0 Å². The van der Waals surface area contributed by atoms with Crippen LogP contribution in [0.25, 0.3) is 0 Å². The predicted octanol–water partition coefficient (Wildman–Crippen LogP) is 1.18. The van der Waals surface area contributed by atoms with E-state index < -0.39 is 11.9 Å². The van der Waals surface area contributed by atoms with Crippen LogP contribution >= 0.6 is 0 Å². The summed E-state index contributed by atoms with van der Waals surface area (Å²) in [4.78, 5) is 16.2. The smallest absolute Gasteiger partial charge is 0.415 e. The van der Waals surface area contributed by atoms with Crippen LogP contribution in [0.1, 0.15) is 0 Å². The van der Waals surface area contributed by atoms with Gasteiger partial charge in [-0.3, -0.25) is 4.90 Å². The number of nitrogens with zero attached hydrogens (tertiary/aromatic N) is 2. The molecule has 1 aromatic rings. The van der Waals surface area contributed by atoms with Crippen LogP contribution < -0.4 is 4.90 Å². The SMILES string of the molecule is O=C1OCCN1c1ccc(F)cn1. The molecule has 0 bridgehead atoms. The molecule has 2 heterocycles. The molecule has 13 heavy (non-hydrogen) atoms. The number of rotatable bonds is 1. The second kappa shape index (κ2) is 3.01. The molecule has 0 unspecified atom stereocenters. The standard InChI is InChI=1S/C8H7FN2O2/c9-6-1-2-7(10-5-6)11-3-4-13-8(11)12/h1-2,5H,3-4H2. The van der Waals surface area contributed by atoms with E-state index in [1.165, 1.54) is 17.0 Å². The summed E-state index contributed by atoms with van der Waals surface area (Å²) in [7, 11) is 0. The molecule has 1 aliphatic rings. The highest BCUT2D eigenvalue weighted by Gasteiger charge is 2.24. The van der Waals surface area contributed by atoms with Crippen molar-refractivity contribution in [3.05, 3.63) is 24.1 Å². The van der Waals surface area contributed by atoms with E-state index in [0.29, 0.717) is 19.0 Å². The van der Waals surface area contributed by atoms with Gasteiger partial charge >= 0.3 is 6.09 Å². The fourth-order valence-electron chi connectivity index (χ4n) is 1.13. The molecule has 1 saturated heterocycles. The molecule has 2 rings (SSSR count). The highest BCUT2D eigenvalue weighted by atomic mass is 19.1. The lowest BCUT2D eigenvalue weighted by molar-refractivity contribution is 0.181. The van der Waals surface area contributed by atoms with Crippen LogP contribution in [0.15, 0.2) is 18.3 Å². The Balaban J connectivity index is 2.25. The Labute approximate surface area is 73.9 Å². The van der Waals surface area contributed by atoms with Crippen molar-refractivity contribution in [1.82, 2.24) is 4.98 Å². The molecule has 4 nitrogen and oxygen atoms in total. The van der Waals surface area contributed by atoms with Crippen LogP contribution in [0.5, 0.6) is 0 Å². The van der Waals surface area contributed by atoms with E-state index in [1.807, 2.05) is 0 Å². The first-order valence-corrected chi connectivity index (χ1v) is 3.83. The maximum Gasteiger partial charge on any atom is 0.415 e. The van der Waals surface area contributed by atoms with E-state index in [-0.39, 0.29) is 0 Å². The summed E-state index contributed by atoms with van der Waals surface area (Å²) < 4.78 is 17.2. The Bertz CT molecular complexity index is 325. The lowest BCUT2D eigenvalue weighted by Gasteiger charge is -2.09. The van der Waals surface area contributed by atoms with Crippen molar-refractivity contribution in [3.63, 3.8) is 0 Å². The molecule has 0 saturated carbocycles. The predicted molar refractivity (Wildman–Crippen MR) is 42.9 cm³/mol. The van der Waals surface area contributed by atoms with E-state index in [4.69, 9.17) is 4.74 Å². The van der Waals surface area contributed by atoms with E-state index in [0.717, 1.165) is 6.20 Å². The summed E-state index contributed by atoms with van der Waals surface area (Å²) in [6, 6.07) is 2.70. The van der Waals surface area contributed by atoms with Gasteiger partial charge in [0, 0.05) is 0 Å². The van der Waals surface area contributed by atoms with Gasteiger partial charge < -0.3 is 4.74 Å². The summed E-state index contributed by atoms with van der Waals surface area (Å²) in [5.41, 5.74) is 0. The van der Waals surface area contributed by atoms with Gasteiger partial charge in [-0.2, -0.15) is 0 Å². The van der Waals surface area contributed by atoms with Crippen LogP contribution in [0, 0.1) is 5.82 Å². The van der Waals surface area contributed by atoms with Crippen LogP contribution in [0.2, 0.25) is 0 Å². The Kier molecular flexibility index (Phi) is 1.84. The van der Waals surface area contributed by atoms with Gasteiger partial charge in [0.2, 0.25) is 0 Å². The number of hydrogen-bond acceptors (Lipinski definition) is 3. The normalized spacial score (nSPS) is 16.1. The maximum atomic E-state index is 12.5. The third kappa shape index (κ3) is 1.44. The number of anilines is 1. The summed E-state index contributed by atoms with van der Waals surface area (Å²) in [5, 5.41) is 0. The largest absolute Gasteiger partial charge is 0.447 e. The Morgan fingerprint density at radius 3 is 2.92 bits per heavy atom. The van der Waals surface area contributed by atoms with E-state index in [2.05, 4.69) is 4.98 Å². The van der Waals surface area contributed by atoms with Crippen molar-refractivity contribution in [3.8, 4) is 0 Å². The molecule has 1 amide bonds. The number of pyridine rings is 1. The molecular formula is C8H7FN2O2. The van der Waals surface area contributed by atoms with Crippen LogP contribution in [-0.4, -0.2) is 24.2 Å². The molecule has 0 radical (unpaired) electrons. The molecule has 0 aromatic carbocycles. The van der Waals surface area contributed by atoms with Gasteiger partial charge in [0.25, 0.3) is 0 Å². The van der Waals surface area contributed by atoms with Crippen molar-refractivity contribution in [2.24, 2.45) is 0 Å². The quantitative estimate of drug-likeness (QED) is 0.654. The summed E-state index contributed by atoms with van der Waals surface area (Å²) in [6.07, 6.45) is 0.639. The van der Waals surface area contributed by atoms with Gasteiger partial charge in [-0.1, -0.05) is 0 Å². The van der Waals surface area contributed by atoms with Crippen molar-refractivity contribution >= 4 is 11.9 Å². The molecule has 0 spiro atoms. The Morgan fingerprint density at radius 2 is 2.38 bits per heavy atom. The molecule has 0 N–H and O–H groups in total. The Morgan fingerprint density at radius 1 is 1.54 bits per heavy atom. The minimum Gasteiger partial charge on any atom is -0.447 e. The number of aromatic nitrogens is 1. The molecule has 5 heteroatoms. The van der Waals surface area contributed by atoms with Gasteiger partial charge in [-0.05, 0) is 12.1 Å². The van der Waals surface area contributed by atoms with Crippen LogP contribution in [0.4, 0.5) is 15.0 Å². The van der Waals surface area contributed by atoms with Gasteiger partial charge in [-0.15, -0.1) is 0 Å². The first kappa shape index (κ1) is 7.97. The zero-order valence-electron chi connectivity index (χ0n) is 6.74. The van der Waals surface area contributed by atoms with Crippen LogP contribution in [0.3, 0.4) is 0 Å². The van der Waals surface area contributed by atoms with Crippen molar-refractivity contribution in [2.75, 3.05) is 18.1 Å². The molecule has 1 aromatic heterocycles. The first-order valence-electron chi connectivity index (χ1n) is 3.83. The average molecular weight is 182 g/mol. The lowest BCUT2D eigenvalue weighted by Crippen LogP contribution is -2.24. The lowest BCUT2D eigenvalue weighted by atomic mass is 10.4. The van der Waals surface area contributed by atoms with Gasteiger partial charge in [0.1, 0.15) is 18.2 Å². The highest BCUT2D eigenvalue weighted by molar-refractivity contribution is 5.87. The summed E-state index contributed by atoms with van der Waals surface area (Å²) in [5.74, 6) is 0.000198. The molecule has 68 valence electrons. The fourth-order valence-corrected chi connectivity index (χ4v) is 1.13. The average Bonchev–Trinajstić information content (AvgIpc) is 2.53. The number of ether oxygens (including phenoxy) is 1. The summed E-state index contributed by atoms with van der Waals surface area (Å²) >= 11 is 0. The zero-order valence-corrected chi connectivity index (χ0v) is 6.74. The Hall–Kier alpha value is -1.65. The summed E-state index contributed by atoms with van der Waals surface area (Å²) in [6.45, 7) is 0.829. The number of carbonyl (C=O) groups excluding carboxylic acids is 1. The third-order valence-corrected chi connectivity index (χ3v) is 1.75. The van der Waals surface area contributed by atoms with Crippen molar-refractivity contribution in [1.29, 1.82) is 0 Å². The number of halogens is 1. The molecule has 0 atom stereocenters. The molecule has 1 fully saturated rings. The maximum absolute atomic E-state index is 12.5. The fraction of sp³-hybridized carbons (Fsp3) is 0.250. The minimum atomic E-state index is -0.431. The van der Waals surface area contributed by atoms with Gasteiger partial charge in [0.15, 0.2) is 0 Å². The monoisotopic (exact) mass is 182 g/mol. The zero-order chi connectivity index (χ0) is 9.26. The second-order valence-electron chi connectivity index (χ2n) is 2.60. The van der Waals surface area contributed by atoms with Gasteiger partial charge in [-0.25, -0.2) is 14.2 Å². The first-order chi connectivity index (χ1) is 6.27. The van der Waals surface area contributed by atoms with Crippen LogP contribution in [-0.2, 0) is 4.74 Å². The number of carbonyl (C=O) groups is 1. The van der Waals surface area contributed by atoms with Crippen molar-refractivity contribution < 1.29 is 13.9 Å². The molecule has 1 aliphatic heterocycles. The topological polar surface area (TPSA) is 42.4 Å². The van der Waals surface area contributed by atoms with E-state index >= 15 is 0 Å². The molecular weight excluding hydrogens is 175 g/mol. The van der Waals surface area contributed by atoms with E-state index in [1.54, 1.807) is 0 Å². The van der Waals surface area contributed by atoms with E-state index in [9.17, 15) is 9.18 Å². The number of hydrogen-bond donors (Lipinski definition) is 0. The minimum absolute atomic E-state index is 0.359.